The van der Waals surface area contributed by atoms with E-state index in [1.807, 2.05) is 13.0 Å². The minimum absolute atomic E-state index is 0.557. The van der Waals surface area contributed by atoms with Gasteiger partial charge in [-0.3, -0.25) is 0 Å². The number of aryl methyl sites for hydroxylation is 1. The average Bonchev–Trinajstić information content (AvgIpc) is 2.68. The molecule has 1 aromatic heterocycles. The zero-order chi connectivity index (χ0) is 12.1. The van der Waals surface area contributed by atoms with Crippen molar-refractivity contribution in [3.05, 3.63) is 29.7 Å². The lowest BCUT2D eigenvalue weighted by Crippen LogP contribution is -2.18. The number of rotatable bonds is 5. The van der Waals surface area contributed by atoms with Crippen LogP contribution < -0.4 is 5.32 Å². The lowest BCUT2D eigenvalue weighted by atomic mass is 10.1. The lowest BCUT2D eigenvalue weighted by molar-refractivity contribution is 0.561. The predicted molar refractivity (Wildman–Crippen MR) is 65.5 cm³/mol. The van der Waals surface area contributed by atoms with Crippen LogP contribution in [0.25, 0.3) is 11.1 Å². The Hall–Kier alpha value is -1.86. The molecule has 0 saturated heterocycles. The first-order valence-electron chi connectivity index (χ1n) is 5.73. The average molecular weight is 229 g/mol. The summed E-state index contributed by atoms with van der Waals surface area (Å²) in [5, 5.41) is 11.6. The highest BCUT2D eigenvalue weighted by molar-refractivity contribution is 5.73. The molecule has 0 amide bonds. The molecule has 0 radical (unpaired) electrons. The fourth-order valence-electron chi connectivity index (χ4n) is 1.75. The normalized spacial score (nSPS) is 10.6. The van der Waals surface area contributed by atoms with Crippen LogP contribution in [0.3, 0.4) is 0 Å². The van der Waals surface area contributed by atoms with Crippen molar-refractivity contribution in [1.82, 2.24) is 10.3 Å². The quantitative estimate of drug-likeness (QED) is 0.798. The number of hydrogen-bond acceptors (Lipinski definition) is 4. The lowest BCUT2D eigenvalue weighted by Gasteiger charge is -2.02. The van der Waals surface area contributed by atoms with Gasteiger partial charge in [0.25, 0.3) is 0 Å². The Morgan fingerprint density at radius 1 is 1.41 bits per heavy atom. The van der Waals surface area contributed by atoms with Crippen molar-refractivity contribution in [2.24, 2.45) is 0 Å². The van der Waals surface area contributed by atoms with Crippen molar-refractivity contribution in [2.45, 2.75) is 19.8 Å². The van der Waals surface area contributed by atoms with Crippen LogP contribution in [0, 0.1) is 18.3 Å². The molecule has 4 heteroatoms. The molecule has 0 spiro atoms. The third kappa shape index (κ3) is 3.05. The maximum absolute atomic E-state index is 8.39. The van der Waals surface area contributed by atoms with E-state index in [1.165, 1.54) is 5.56 Å². The van der Waals surface area contributed by atoms with E-state index in [0.717, 1.165) is 30.6 Å². The second-order valence-electron chi connectivity index (χ2n) is 3.94. The summed E-state index contributed by atoms with van der Waals surface area (Å²) >= 11 is 0. The van der Waals surface area contributed by atoms with Crippen molar-refractivity contribution in [2.75, 3.05) is 13.1 Å². The van der Waals surface area contributed by atoms with Gasteiger partial charge in [-0.15, -0.1) is 0 Å². The summed E-state index contributed by atoms with van der Waals surface area (Å²) in [6.07, 6.45) is 1.49. The first-order valence-corrected chi connectivity index (χ1v) is 5.73. The van der Waals surface area contributed by atoms with E-state index in [2.05, 4.69) is 28.5 Å². The highest BCUT2D eigenvalue weighted by Gasteiger charge is 2.02. The first-order chi connectivity index (χ1) is 8.29. The number of nitriles is 1. The summed E-state index contributed by atoms with van der Waals surface area (Å²) in [7, 11) is 0. The summed E-state index contributed by atoms with van der Waals surface area (Å²) in [6, 6.07) is 8.17. The van der Waals surface area contributed by atoms with Crippen molar-refractivity contribution < 1.29 is 4.42 Å². The van der Waals surface area contributed by atoms with Crippen molar-refractivity contribution in [3.8, 4) is 6.07 Å². The van der Waals surface area contributed by atoms with Gasteiger partial charge < -0.3 is 9.73 Å². The van der Waals surface area contributed by atoms with Gasteiger partial charge in [0.2, 0.25) is 0 Å². The predicted octanol–water partition coefficient (Wildman–Crippen LogP) is 2.18. The molecule has 0 aliphatic rings. The molecule has 0 aliphatic heterocycles. The Morgan fingerprint density at radius 2 is 2.29 bits per heavy atom. The molecule has 0 atom stereocenters. The minimum Gasteiger partial charge on any atom is -0.441 e. The van der Waals surface area contributed by atoms with Crippen LogP contribution in [0.15, 0.2) is 22.6 Å². The molecule has 0 fully saturated rings. The molecule has 2 rings (SSSR count). The van der Waals surface area contributed by atoms with E-state index in [4.69, 9.17) is 9.68 Å². The van der Waals surface area contributed by atoms with E-state index in [9.17, 15) is 0 Å². The molecular formula is C13H15N3O. The van der Waals surface area contributed by atoms with Crippen molar-refractivity contribution >= 4 is 11.1 Å². The standard InChI is InChI=1S/C13H15N3O/c1-10-16-12-9-11(3-4-13(12)17-10)5-8-15-7-2-6-14/h3-4,9,15H,2,5,7-8H2,1H3. The van der Waals surface area contributed by atoms with Gasteiger partial charge in [0.15, 0.2) is 11.5 Å². The maximum atomic E-state index is 8.39. The summed E-state index contributed by atoms with van der Waals surface area (Å²) in [5.74, 6) is 0.698. The Morgan fingerprint density at radius 3 is 3.12 bits per heavy atom. The molecule has 0 unspecified atom stereocenters. The van der Waals surface area contributed by atoms with Crippen molar-refractivity contribution in [3.63, 3.8) is 0 Å². The van der Waals surface area contributed by atoms with Crippen LogP contribution in [-0.4, -0.2) is 18.1 Å². The first kappa shape index (κ1) is 11.6. The number of nitrogens with one attached hydrogen (secondary N) is 1. The van der Waals surface area contributed by atoms with Gasteiger partial charge in [-0.1, -0.05) is 6.07 Å². The number of benzene rings is 1. The van der Waals surface area contributed by atoms with E-state index < -0.39 is 0 Å². The molecule has 1 aromatic carbocycles. The van der Waals surface area contributed by atoms with Gasteiger partial charge in [-0.05, 0) is 30.7 Å². The van der Waals surface area contributed by atoms with Crippen LogP contribution >= 0.6 is 0 Å². The maximum Gasteiger partial charge on any atom is 0.192 e. The Bertz CT molecular complexity index is 539. The molecule has 0 saturated carbocycles. The molecular weight excluding hydrogens is 214 g/mol. The molecule has 88 valence electrons. The molecule has 1 N–H and O–H groups in total. The minimum atomic E-state index is 0.557. The monoisotopic (exact) mass is 229 g/mol. The summed E-state index contributed by atoms with van der Waals surface area (Å²) in [6.45, 7) is 3.48. The smallest absolute Gasteiger partial charge is 0.192 e. The summed E-state index contributed by atoms with van der Waals surface area (Å²) in [5.41, 5.74) is 2.98. The Kier molecular flexibility index (Phi) is 3.73. The van der Waals surface area contributed by atoms with Gasteiger partial charge in [-0.2, -0.15) is 5.26 Å². The van der Waals surface area contributed by atoms with Crippen LogP contribution in [0.1, 0.15) is 17.9 Å². The van der Waals surface area contributed by atoms with Gasteiger partial charge in [-0.25, -0.2) is 4.98 Å². The van der Waals surface area contributed by atoms with Crippen LogP contribution in [0.2, 0.25) is 0 Å². The number of oxazole rings is 1. The van der Waals surface area contributed by atoms with Gasteiger partial charge in [0.05, 0.1) is 6.07 Å². The van der Waals surface area contributed by atoms with Gasteiger partial charge >= 0.3 is 0 Å². The zero-order valence-electron chi connectivity index (χ0n) is 9.86. The number of aromatic nitrogens is 1. The molecule has 1 heterocycles. The molecule has 2 aromatic rings. The second kappa shape index (κ2) is 5.46. The molecule has 0 aliphatic carbocycles. The van der Waals surface area contributed by atoms with Crippen LogP contribution in [0.5, 0.6) is 0 Å². The van der Waals surface area contributed by atoms with Gasteiger partial charge in [0.1, 0.15) is 5.52 Å². The van der Waals surface area contributed by atoms with E-state index in [-0.39, 0.29) is 0 Å². The summed E-state index contributed by atoms with van der Waals surface area (Å²) < 4.78 is 5.42. The Labute approximate surface area is 100 Å². The highest BCUT2D eigenvalue weighted by atomic mass is 16.3. The highest BCUT2D eigenvalue weighted by Crippen LogP contribution is 2.16. The largest absolute Gasteiger partial charge is 0.441 e. The Balaban J connectivity index is 1.93. The van der Waals surface area contributed by atoms with Crippen LogP contribution in [0.4, 0.5) is 0 Å². The third-order valence-corrected chi connectivity index (χ3v) is 2.56. The number of nitrogens with zero attached hydrogens (tertiary/aromatic N) is 2. The topological polar surface area (TPSA) is 61.9 Å². The zero-order valence-corrected chi connectivity index (χ0v) is 9.86. The van der Waals surface area contributed by atoms with Crippen LogP contribution in [-0.2, 0) is 6.42 Å². The SMILES string of the molecule is Cc1nc2cc(CCNCCC#N)ccc2o1. The molecule has 0 bridgehead atoms. The molecule has 17 heavy (non-hydrogen) atoms. The fourth-order valence-corrected chi connectivity index (χ4v) is 1.75. The van der Waals surface area contributed by atoms with E-state index >= 15 is 0 Å². The van der Waals surface area contributed by atoms with E-state index in [1.54, 1.807) is 0 Å². The third-order valence-electron chi connectivity index (χ3n) is 2.56. The second-order valence-corrected chi connectivity index (χ2v) is 3.94. The number of fused-ring (bicyclic) bond motifs is 1. The summed E-state index contributed by atoms with van der Waals surface area (Å²) in [4.78, 5) is 4.30. The van der Waals surface area contributed by atoms with Crippen molar-refractivity contribution in [1.29, 1.82) is 5.26 Å². The van der Waals surface area contributed by atoms with Gasteiger partial charge in [0, 0.05) is 19.9 Å². The fraction of sp³-hybridized carbons (Fsp3) is 0.385. The van der Waals surface area contributed by atoms with E-state index in [0.29, 0.717) is 12.3 Å². The molecule has 4 nitrogen and oxygen atoms in total. The number of hydrogen-bond donors (Lipinski definition) is 1.